The molecule has 2 heterocycles. The molecule has 0 unspecified atom stereocenters. The summed E-state index contributed by atoms with van der Waals surface area (Å²) < 4.78 is 4.86. The number of aryl methyl sites for hydroxylation is 1. The number of methoxy groups -OCH3 is 1. The number of para-hydroxylation sites is 1. The van der Waals surface area contributed by atoms with Crippen LogP contribution in [-0.4, -0.2) is 25.5 Å². The molecule has 2 aromatic rings. The molecule has 0 saturated heterocycles. The second-order valence-corrected chi connectivity index (χ2v) is 5.76. The fraction of sp³-hybridized carbons (Fsp3) is 0.250. The molecular formula is C16H15NO3S. The third-order valence-electron chi connectivity index (χ3n) is 3.78. The molecule has 3 rings (SSSR count). The summed E-state index contributed by atoms with van der Waals surface area (Å²) in [6, 6.07) is 7.50. The molecule has 0 fully saturated rings. The van der Waals surface area contributed by atoms with E-state index in [-0.39, 0.29) is 11.9 Å². The van der Waals surface area contributed by atoms with Gasteiger partial charge in [0.2, 0.25) is 0 Å². The van der Waals surface area contributed by atoms with Crippen LogP contribution >= 0.6 is 11.3 Å². The number of esters is 1. The molecule has 0 aliphatic carbocycles. The van der Waals surface area contributed by atoms with E-state index in [4.69, 9.17) is 4.74 Å². The van der Waals surface area contributed by atoms with Gasteiger partial charge in [-0.25, -0.2) is 0 Å². The lowest BCUT2D eigenvalue weighted by Crippen LogP contribution is -2.31. The number of rotatable bonds is 2. The Morgan fingerprint density at radius 1 is 1.29 bits per heavy atom. The maximum Gasteiger partial charge on any atom is 0.315 e. The Bertz CT molecular complexity index is 707. The van der Waals surface area contributed by atoms with E-state index in [1.807, 2.05) is 41.9 Å². The monoisotopic (exact) mass is 301 g/mol. The largest absolute Gasteiger partial charge is 0.468 e. The van der Waals surface area contributed by atoms with Crippen LogP contribution in [0.3, 0.4) is 0 Å². The predicted octanol–water partition coefficient (Wildman–Crippen LogP) is 2.97. The van der Waals surface area contributed by atoms with Gasteiger partial charge in [0.1, 0.15) is 5.92 Å². The second-order valence-electron chi connectivity index (χ2n) is 5.02. The fourth-order valence-electron chi connectivity index (χ4n) is 2.67. The first-order chi connectivity index (χ1) is 10.1. The normalized spacial score (nSPS) is 16.7. The van der Waals surface area contributed by atoms with Crippen molar-refractivity contribution in [3.05, 3.63) is 51.7 Å². The van der Waals surface area contributed by atoms with Crippen LogP contribution in [0.4, 0.5) is 5.69 Å². The van der Waals surface area contributed by atoms with E-state index in [1.165, 1.54) is 18.4 Å². The number of hydrogen-bond donors (Lipinski definition) is 0. The highest BCUT2D eigenvalue weighted by atomic mass is 32.1. The van der Waals surface area contributed by atoms with E-state index in [2.05, 4.69) is 0 Å². The van der Waals surface area contributed by atoms with E-state index in [9.17, 15) is 9.59 Å². The average Bonchev–Trinajstić information content (AvgIpc) is 3.09. The lowest BCUT2D eigenvalue weighted by molar-refractivity contribution is -0.141. The van der Waals surface area contributed by atoms with Crippen molar-refractivity contribution in [1.82, 2.24) is 0 Å². The van der Waals surface area contributed by atoms with Crippen molar-refractivity contribution >= 4 is 28.9 Å². The van der Waals surface area contributed by atoms with Gasteiger partial charge in [0, 0.05) is 17.6 Å². The van der Waals surface area contributed by atoms with Gasteiger partial charge in [-0.2, -0.15) is 11.3 Å². The van der Waals surface area contributed by atoms with Crippen molar-refractivity contribution in [2.45, 2.75) is 12.8 Å². The first kappa shape index (κ1) is 13.8. The standard InChI is InChI=1S/C16H15NO3S/c1-10-8-21-9-13(10)15(18)17-7-12(16(19)20-2)11-5-3-4-6-14(11)17/h3-6,8-9,12H,7H2,1-2H3/t12-/m0/s1. The van der Waals surface area contributed by atoms with E-state index in [1.54, 1.807) is 4.90 Å². The minimum Gasteiger partial charge on any atom is -0.468 e. The lowest BCUT2D eigenvalue weighted by Gasteiger charge is -2.17. The summed E-state index contributed by atoms with van der Waals surface area (Å²) >= 11 is 1.51. The van der Waals surface area contributed by atoms with Crippen LogP contribution in [0.2, 0.25) is 0 Å². The van der Waals surface area contributed by atoms with E-state index >= 15 is 0 Å². The van der Waals surface area contributed by atoms with Crippen LogP contribution < -0.4 is 4.90 Å². The van der Waals surface area contributed by atoms with Crippen molar-refractivity contribution in [2.24, 2.45) is 0 Å². The molecule has 0 N–H and O–H groups in total. The van der Waals surface area contributed by atoms with Crippen LogP contribution in [0, 0.1) is 6.92 Å². The molecule has 5 heteroatoms. The van der Waals surface area contributed by atoms with Gasteiger partial charge in [0.15, 0.2) is 0 Å². The molecule has 1 aliphatic rings. The van der Waals surface area contributed by atoms with E-state index < -0.39 is 5.92 Å². The van der Waals surface area contributed by atoms with Crippen LogP contribution in [0.15, 0.2) is 35.0 Å². The molecule has 0 spiro atoms. The van der Waals surface area contributed by atoms with E-state index in [0.29, 0.717) is 12.1 Å². The highest BCUT2D eigenvalue weighted by Crippen LogP contribution is 2.38. The number of nitrogens with zero attached hydrogens (tertiary/aromatic N) is 1. The third kappa shape index (κ3) is 2.23. The van der Waals surface area contributed by atoms with Gasteiger partial charge in [0.25, 0.3) is 5.91 Å². The van der Waals surface area contributed by atoms with Crippen molar-refractivity contribution in [3.8, 4) is 0 Å². The molecule has 1 aromatic carbocycles. The zero-order valence-corrected chi connectivity index (χ0v) is 12.6. The van der Waals surface area contributed by atoms with Crippen molar-refractivity contribution in [2.75, 3.05) is 18.6 Å². The molecule has 1 amide bonds. The number of amides is 1. The summed E-state index contributed by atoms with van der Waals surface area (Å²) in [5.41, 5.74) is 3.30. The predicted molar refractivity (Wildman–Crippen MR) is 81.9 cm³/mol. The molecule has 1 atom stereocenters. The number of benzene rings is 1. The topological polar surface area (TPSA) is 46.6 Å². The minimum absolute atomic E-state index is 0.0624. The Morgan fingerprint density at radius 2 is 2.05 bits per heavy atom. The molecule has 1 aromatic heterocycles. The Labute approximate surface area is 127 Å². The number of carbonyl (C=O) groups is 2. The lowest BCUT2D eigenvalue weighted by atomic mass is 10.0. The molecule has 0 bridgehead atoms. The minimum atomic E-state index is -0.408. The fourth-order valence-corrected chi connectivity index (χ4v) is 3.49. The van der Waals surface area contributed by atoms with Gasteiger partial charge in [0.05, 0.1) is 12.7 Å². The highest BCUT2D eigenvalue weighted by molar-refractivity contribution is 7.08. The molecule has 4 nitrogen and oxygen atoms in total. The van der Waals surface area contributed by atoms with Gasteiger partial charge in [-0.05, 0) is 29.5 Å². The Hall–Kier alpha value is -2.14. The van der Waals surface area contributed by atoms with Crippen molar-refractivity contribution in [1.29, 1.82) is 0 Å². The summed E-state index contributed by atoms with van der Waals surface area (Å²) in [5.74, 6) is -0.776. The highest BCUT2D eigenvalue weighted by Gasteiger charge is 2.37. The van der Waals surface area contributed by atoms with Crippen LogP contribution in [0.1, 0.15) is 27.4 Å². The summed E-state index contributed by atoms with van der Waals surface area (Å²) in [5, 5.41) is 3.80. The van der Waals surface area contributed by atoms with Gasteiger partial charge >= 0.3 is 5.97 Å². The maximum atomic E-state index is 12.7. The molecule has 21 heavy (non-hydrogen) atoms. The molecule has 0 saturated carbocycles. The SMILES string of the molecule is COC(=O)[C@H]1CN(C(=O)c2cscc2C)c2ccccc21. The van der Waals surface area contributed by atoms with Gasteiger partial charge < -0.3 is 9.64 Å². The van der Waals surface area contributed by atoms with Gasteiger partial charge in [-0.1, -0.05) is 18.2 Å². The number of carbonyl (C=O) groups excluding carboxylic acids is 2. The van der Waals surface area contributed by atoms with Crippen LogP contribution in [0.25, 0.3) is 0 Å². The summed E-state index contributed by atoms with van der Waals surface area (Å²) in [7, 11) is 1.37. The Balaban J connectivity index is 2.00. The average molecular weight is 301 g/mol. The third-order valence-corrected chi connectivity index (χ3v) is 4.65. The smallest absolute Gasteiger partial charge is 0.315 e. The summed E-state index contributed by atoms with van der Waals surface area (Å²) in [6.07, 6.45) is 0. The molecular weight excluding hydrogens is 286 g/mol. The first-order valence-corrected chi connectivity index (χ1v) is 7.59. The Kier molecular flexibility index (Phi) is 3.51. The second kappa shape index (κ2) is 5.33. The quantitative estimate of drug-likeness (QED) is 0.801. The summed E-state index contributed by atoms with van der Waals surface area (Å²) in [4.78, 5) is 26.3. The Morgan fingerprint density at radius 3 is 2.71 bits per heavy atom. The number of anilines is 1. The first-order valence-electron chi connectivity index (χ1n) is 6.65. The van der Waals surface area contributed by atoms with Crippen molar-refractivity contribution in [3.63, 3.8) is 0 Å². The maximum absolute atomic E-state index is 12.7. The van der Waals surface area contributed by atoms with Crippen LogP contribution in [0.5, 0.6) is 0 Å². The number of thiophene rings is 1. The molecule has 1 aliphatic heterocycles. The van der Waals surface area contributed by atoms with E-state index in [0.717, 1.165) is 16.8 Å². The summed E-state index contributed by atoms with van der Waals surface area (Å²) in [6.45, 7) is 2.25. The molecule has 0 radical (unpaired) electrons. The van der Waals surface area contributed by atoms with Gasteiger partial charge in [-0.15, -0.1) is 0 Å². The zero-order valence-electron chi connectivity index (χ0n) is 11.8. The number of hydrogen-bond acceptors (Lipinski definition) is 4. The van der Waals surface area contributed by atoms with Crippen molar-refractivity contribution < 1.29 is 14.3 Å². The van der Waals surface area contributed by atoms with Crippen LogP contribution in [-0.2, 0) is 9.53 Å². The van der Waals surface area contributed by atoms with Gasteiger partial charge in [-0.3, -0.25) is 9.59 Å². The zero-order chi connectivity index (χ0) is 15.0. The molecule has 108 valence electrons. The number of fused-ring (bicyclic) bond motifs is 1. The number of ether oxygens (including phenoxy) is 1.